The Kier molecular flexibility index (Phi) is 7.79. The van der Waals surface area contributed by atoms with Crippen molar-refractivity contribution >= 4 is 17.3 Å². The molecular weight excluding hydrogens is 479 g/mol. The van der Waals surface area contributed by atoms with Gasteiger partial charge in [0.15, 0.2) is 5.60 Å². The van der Waals surface area contributed by atoms with Crippen LogP contribution in [0.1, 0.15) is 55.5 Å². The van der Waals surface area contributed by atoms with Gasteiger partial charge < -0.3 is 14.2 Å². The molecule has 0 unspecified atom stereocenters. The third-order valence-electron chi connectivity index (χ3n) is 5.25. The van der Waals surface area contributed by atoms with Crippen molar-refractivity contribution in [1.29, 1.82) is 0 Å². The van der Waals surface area contributed by atoms with Crippen molar-refractivity contribution in [3.63, 3.8) is 0 Å². The number of benzene rings is 2. The number of rotatable bonds is 8. The van der Waals surface area contributed by atoms with Gasteiger partial charge in [-0.2, -0.15) is 13.2 Å². The van der Waals surface area contributed by atoms with Crippen molar-refractivity contribution < 1.29 is 32.2 Å². The van der Waals surface area contributed by atoms with Crippen LogP contribution in [-0.2, 0) is 15.7 Å². The Morgan fingerprint density at radius 2 is 1.74 bits per heavy atom. The molecule has 1 aromatic heterocycles. The van der Waals surface area contributed by atoms with Crippen molar-refractivity contribution in [1.82, 2.24) is 4.98 Å². The molecule has 0 saturated carbocycles. The minimum absolute atomic E-state index is 0.271. The second kappa shape index (κ2) is 10.3. The van der Waals surface area contributed by atoms with Gasteiger partial charge in [0.25, 0.3) is 0 Å². The largest absolute Gasteiger partial charge is 0.485 e. The number of esters is 1. The van der Waals surface area contributed by atoms with Crippen LogP contribution in [0.15, 0.2) is 42.5 Å². The molecule has 5 nitrogen and oxygen atoms in total. The van der Waals surface area contributed by atoms with E-state index in [1.807, 2.05) is 26.8 Å². The molecule has 9 heteroatoms. The summed E-state index contributed by atoms with van der Waals surface area (Å²) >= 11 is 1.38. The number of carbonyl (C=O) groups excluding carboxylic acids is 1. The summed E-state index contributed by atoms with van der Waals surface area (Å²) in [5.74, 6) is 0.708. The first-order valence-electron chi connectivity index (χ1n) is 11.1. The number of carbonyl (C=O) groups is 1. The highest BCUT2D eigenvalue weighted by Crippen LogP contribution is 2.36. The van der Waals surface area contributed by atoms with Crippen molar-refractivity contribution in [2.45, 2.75) is 59.4 Å². The van der Waals surface area contributed by atoms with Crippen molar-refractivity contribution in [3.05, 3.63) is 64.2 Å². The van der Waals surface area contributed by atoms with Gasteiger partial charge >= 0.3 is 12.1 Å². The zero-order valence-corrected chi connectivity index (χ0v) is 21.3. The number of halogens is 3. The second-order valence-electron chi connectivity index (χ2n) is 8.56. The van der Waals surface area contributed by atoms with Gasteiger partial charge in [0.05, 0.1) is 22.7 Å². The molecule has 35 heavy (non-hydrogen) atoms. The molecule has 0 aliphatic heterocycles. The van der Waals surface area contributed by atoms with Gasteiger partial charge in [-0.15, -0.1) is 11.3 Å². The standard InChI is InChI=1S/C26H28F3NO4S/c1-7-32-24(31)25(5,6)34-21-13-12-20(14-15(21)2)33-17(4)22-16(3)30-23(35-22)18-8-10-19(11-9-18)26(27,28)29/h8-14,17H,7H2,1-6H3/t17-/m1/s1. The van der Waals surface area contributed by atoms with E-state index >= 15 is 0 Å². The molecule has 0 radical (unpaired) electrons. The van der Waals surface area contributed by atoms with Crippen LogP contribution in [0.4, 0.5) is 13.2 Å². The summed E-state index contributed by atoms with van der Waals surface area (Å²) in [6.07, 6.45) is -4.71. The predicted octanol–water partition coefficient (Wildman–Crippen LogP) is 7.31. The van der Waals surface area contributed by atoms with Crippen LogP contribution < -0.4 is 9.47 Å². The van der Waals surface area contributed by atoms with Gasteiger partial charge in [0.2, 0.25) is 0 Å². The lowest BCUT2D eigenvalue weighted by Crippen LogP contribution is -2.39. The van der Waals surface area contributed by atoms with Crippen LogP contribution in [-0.4, -0.2) is 23.2 Å². The first-order valence-corrected chi connectivity index (χ1v) is 11.9. The summed E-state index contributed by atoms with van der Waals surface area (Å²) in [5.41, 5.74) is 0.333. The summed E-state index contributed by atoms with van der Waals surface area (Å²) in [6.45, 7) is 10.9. The Bertz CT molecular complexity index is 1190. The molecule has 3 aromatic rings. The van der Waals surface area contributed by atoms with Gasteiger partial charge in [-0.1, -0.05) is 12.1 Å². The molecule has 0 N–H and O–H groups in total. The molecule has 0 spiro atoms. The quantitative estimate of drug-likeness (QED) is 0.299. The summed E-state index contributed by atoms with van der Waals surface area (Å²) in [4.78, 5) is 17.5. The van der Waals surface area contributed by atoms with E-state index in [1.165, 1.54) is 23.5 Å². The SMILES string of the molecule is CCOC(=O)C(C)(C)Oc1ccc(O[C@H](C)c2sc(-c3ccc(C(F)(F)F)cc3)nc2C)cc1C. The maximum absolute atomic E-state index is 12.8. The van der Waals surface area contributed by atoms with Crippen molar-refractivity contribution in [2.24, 2.45) is 0 Å². The molecule has 1 heterocycles. The topological polar surface area (TPSA) is 57.7 Å². The number of aromatic nitrogens is 1. The molecule has 188 valence electrons. The Balaban J connectivity index is 1.73. The number of nitrogens with zero attached hydrogens (tertiary/aromatic N) is 1. The number of alkyl halides is 3. The number of ether oxygens (including phenoxy) is 3. The van der Waals surface area contributed by atoms with E-state index in [0.29, 0.717) is 22.1 Å². The molecule has 0 saturated heterocycles. The highest BCUT2D eigenvalue weighted by molar-refractivity contribution is 7.15. The monoisotopic (exact) mass is 507 g/mol. The summed E-state index contributed by atoms with van der Waals surface area (Å²) in [6, 6.07) is 10.3. The summed E-state index contributed by atoms with van der Waals surface area (Å²) in [5, 5.41) is 0.628. The molecule has 0 aliphatic rings. The molecule has 0 amide bonds. The van der Waals surface area contributed by atoms with Crippen LogP contribution in [0, 0.1) is 13.8 Å². The summed E-state index contributed by atoms with van der Waals surface area (Å²) in [7, 11) is 0. The third kappa shape index (κ3) is 6.33. The maximum Gasteiger partial charge on any atom is 0.416 e. The minimum atomic E-state index is -4.38. The van der Waals surface area contributed by atoms with Gasteiger partial charge in [0, 0.05) is 5.56 Å². The second-order valence-corrected chi connectivity index (χ2v) is 9.59. The van der Waals surface area contributed by atoms with Gasteiger partial charge in [-0.25, -0.2) is 9.78 Å². The predicted molar refractivity (Wildman–Crippen MR) is 129 cm³/mol. The number of hydrogen-bond acceptors (Lipinski definition) is 6. The highest BCUT2D eigenvalue weighted by Gasteiger charge is 2.32. The fourth-order valence-corrected chi connectivity index (χ4v) is 4.45. The molecule has 0 fully saturated rings. The van der Waals surface area contributed by atoms with E-state index in [-0.39, 0.29) is 12.7 Å². The van der Waals surface area contributed by atoms with Gasteiger partial charge in [-0.3, -0.25) is 0 Å². The molecule has 0 bridgehead atoms. The van der Waals surface area contributed by atoms with E-state index in [1.54, 1.807) is 32.9 Å². The van der Waals surface area contributed by atoms with Crippen molar-refractivity contribution in [3.8, 4) is 22.1 Å². The molecule has 2 aromatic carbocycles. The Hall–Kier alpha value is -3.07. The minimum Gasteiger partial charge on any atom is -0.485 e. The van der Waals surface area contributed by atoms with Crippen LogP contribution in [0.2, 0.25) is 0 Å². The fraction of sp³-hybridized carbons (Fsp3) is 0.385. The van der Waals surface area contributed by atoms with Crippen LogP contribution >= 0.6 is 11.3 Å². The normalized spacial score (nSPS) is 12.8. The lowest BCUT2D eigenvalue weighted by Gasteiger charge is -2.25. The van der Waals surface area contributed by atoms with Crippen LogP contribution in [0.3, 0.4) is 0 Å². The Morgan fingerprint density at radius 1 is 1.09 bits per heavy atom. The van der Waals surface area contributed by atoms with Gasteiger partial charge in [-0.05, 0) is 77.4 Å². The zero-order chi connectivity index (χ0) is 26.0. The average Bonchev–Trinajstić information content (AvgIpc) is 3.17. The first kappa shape index (κ1) is 26.5. The van der Waals surface area contributed by atoms with Crippen molar-refractivity contribution in [2.75, 3.05) is 6.61 Å². The third-order valence-corrected chi connectivity index (χ3v) is 6.62. The molecule has 1 atom stereocenters. The van der Waals surface area contributed by atoms with E-state index in [4.69, 9.17) is 14.2 Å². The Morgan fingerprint density at radius 3 is 2.31 bits per heavy atom. The fourth-order valence-electron chi connectivity index (χ4n) is 3.40. The number of thiazole rings is 1. The van der Waals surface area contributed by atoms with Crippen LogP contribution in [0.25, 0.3) is 10.6 Å². The lowest BCUT2D eigenvalue weighted by molar-refractivity contribution is -0.158. The summed E-state index contributed by atoms with van der Waals surface area (Å²) < 4.78 is 55.6. The first-order chi connectivity index (χ1) is 16.3. The lowest BCUT2D eigenvalue weighted by atomic mass is 10.1. The Labute approximate surface area is 206 Å². The van der Waals surface area contributed by atoms with Crippen LogP contribution in [0.5, 0.6) is 11.5 Å². The molecule has 0 aliphatic carbocycles. The smallest absolute Gasteiger partial charge is 0.416 e. The zero-order valence-electron chi connectivity index (χ0n) is 20.4. The maximum atomic E-state index is 12.8. The van der Waals surface area contributed by atoms with Gasteiger partial charge in [0.1, 0.15) is 22.6 Å². The highest BCUT2D eigenvalue weighted by atomic mass is 32.1. The molecular formula is C26H28F3NO4S. The average molecular weight is 508 g/mol. The number of hydrogen-bond donors (Lipinski definition) is 0. The van der Waals surface area contributed by atoms with E-state index < -0.39 is 23.3 Å². The van der Waals surface area contributed by atoms with E-state index in [9.17, 15) is 18.0 Å². The van der Waals surface area contributed by atoms with E-state index in [2.05, 4.69) is 4.98 Å². The van der Waals surface area contributed by atoms with E-state index in [0.717, 1.165) is 28.3 Å². The number of aryl methyl sites for hydroxylation is 2. The molecule has 3 rings (SSSR count).